The summed E-state index contributed by atoms with van der Waals surface area (Å²) >= 11 is 0. The van der Waals surface area contributed by atoms with E-state index in [4.69, 9.17) is 5.11 Å². The van der Waals surface area contributed by atoms with Gasteiger partial charge in [-0.25, -0.2) is 8.42 Å². The lowest BCUT2D eigenvalue weighted by molar-refractivity contribution is 0.249. The molecule has 17 heavy (non-hydrogen) atoms. The van der Waals surface area contributed by atoms with Crippen LogP contribution in [0, 0.1) is 5.92 Å². The summed E-state index contributed by atoms with van der Waals surface area (Å²) in [6.07, 6.45) is 0.767. The first-order chi connectivity index (χ1) is 8.04. The molecule has 0 radical (unpaired) electrons. The molecule has 0 aromatic heterocycles. The molecule has 4 nitrogen and oxygen atoms in total. The number of benzene rings is 1. The number of rotatable bonds is 4. The predicted molar refractivity (Wildman–Crippen MR) is 67.5 cm³/mol. The minimum absolute atomic E-state index is 0.00215. The van der Waals surface area contributed by atoms with E-state index < -0.39 is 10.0 Å². The molecule has 1 atom stereocenters. The lowest BCUT2D eigenvalue weighted by Crippen LogP contribution is -2.34. The Morgan fingerprint density at radius 1 is 1.41 bits per heavy atom. The summed E-state index contributed by atoms with van der Waals surface area (Å²) in [6, 6.07) is 7.57. The van der Waals surface area contributed by atoms with Gasteiger partial charge in [0.25, 0.3) is 0 Å². The standard InChI is InChI=1S/C12H17NO3S/c1-10(8-14)9-17(15,16)13-7-6-11-4-2-3-5-12(11)13/h2-5,10,14H,6-9H2,1H3. The van der Waals surface area contributed by atoms with E-state index in [0.717, 1.165) is 17.7 Å². The lowest BCUT2D eigenvalue weighted by atomic mass is 10.2. The molecule has 0 amide bonds. The van der Waals surface area contributed by atoms with E-state index in [2.05, 4.69) is 0 Å². The maximum absolute atomic E-state index is 12.2. The molecule has 0 fully saturated rings. The Hall–Kier alpha value is -1.07. The first-order valence-electron chi connectivity index (χ1n) is 5.74. The lowest BCUT2D eigenvalue weighted by Gasteiger charge is -2.21. The number of sulfonamides is 1. The van der Waals surface area contributed by atoms with E-state index >= 15 is 0 Å². The quantitative estimate of drug-likeness (QED) is 0.873. The molecule has 2 rings (SSSR count). The van der Waals surface area contributed by atoms with Crippen molar-refractivity contribution in [3.05, 3.63) is 29.8 Å². The minimum Gasteiger partial charge on any atom is -0.396 e. The van der Waals surface area contributed by atoms with E-state index in [1.165, 1.54) is 4.31 Å². The number of nitrogens with zero attached hydrogens (tertiary/aromatic N) is 1. The number of aliphatic hydroxyl groups is 1. The van der Waals surface area contributed by atoms with Crippen LogP contribution in [0.3, 0.4) is 0 Å². The van der Waals surface area contributed by atoms with Crippen molar-refractivity contribution in [3.8, 4) is 0 Å². The summed E-state index contributed by atoms with van der Waals surface area (Å²) in [6.45, 7) is 2.15. The monoisotopic (exact) mass is 255 g/mol. The molecule has 1 unspecified atom stereocenters. The first kappa shape index (κ1) is 12.4. The molecule has 1 aliphatic heterocycles. The van der Waals surface area contributed by atoms with Crippen LogP contribution in [-0.4, -0.2) is 32.4 Å². The summed E-state index contributed by atoms with van der Waals surface area (Å²) in [5.41, 5.74) is 1.87. The molecule has 1 aromatic rings. The van der Waals surface area contributed by atoms with Crippen LogP contribution in [0.15, 0.2) is 24.3 Å². The maximum atomic E-state index is 12.2. The van der Waals surface area contributed by atoms with Gasteiger partial charge in [-0.2, -0.15) is 0 Å². The molecular weight excluding hydrogens is 238 g/mol. The van der Waals surface area contributed by atoms with Gasteiger partial charge in [-0.3, -0.25) is 4.31 Å². The van der Waals surface area contributed by atoms with Gasteiger partial charge in [0, 0.05) is 13.2 Å². The van der Waals surface area contributed by atoms with Crippen molar-refractivity contribution in [2.75, 3.05) is 23.2 Å². The third-order valence-electron chi connectivity index (χ3n) is 2.99. The second-order valence-corrected chi connectivity index (χ2v) is 6.46. The number of hydrogen-bond acceptors (Lipinski definition) is 3. The third kappa shape index (κ3) is 2.45. The Morgan fingerprint density at radius 2 is 2.12 bits per heavy atom. The Morgan fingerprint density at radius 3 is 2.82 bits per heavy atom. The number of anilines is 1. The number of aliphatic hydroxyl groups excluding tert-OH is 1. The van der Waals surface area contributed by atoms with Gasteiger partial charge in [0.05, 0.1) is 11.4 Å². The van der Waals surface area contributed by atoms with Gasteiger partial charge in [-0.15, -0.1) is 0 Å². The predicted octanol–water partition coefficient (Wildman–Crippen LogP) is 1.01. The second-order valence-electron chi connectivity index (χ2n) is 4.52. The summed E-state index contributed by atoms with van der Waals surface area (Å²) in [7, 11) is -3.31. The highest BCUT2D eigenvalue weighted by Crippen LogP contribution is 2.30. The van der Waals surface area contributed by atoms with E-state index in [0.29, 0.717) is 6.54 Å². The molecular formula is C12H17NO3S. The summed E-state index contributed by atoms with van der Waals surface area (Å²) in [4.78, 5) is 0. The zero-order valence-electron chi connectivity index (χ0n) is 9.83. The van der Waals surface area contributed by atoms with E-state index in [1.54, 1.807) is 6.92 Å². The third-order valence-corrected chi connectivity index (χ3v) is 5.03. The van der Waals surface area contributed by atoms with Crippen LogP contribution in [0.4, 0.5) is 5.69 Å². The largest absolute Gasteiger partial charge is 0.396 e. The SMILES string of the molecule is CC(CO)CS(=O)(=O)N1CCc2ccccc21. The van der Waals surface area contributed by atoms with Crippen molar-refractivity contribution >= 4 is 15.7 Å². The second kappa shape index (κ2) is 4.66. The van der Waals surface area contributed by atoms with Gasteiger partial charge in [0.1, 0.15) is 0 Å². The molecule has 5 heteroatoms. The molecule has 94 valence electrons. The van der Waals surface area contributed by atoms with Gasteiger partial charge in [-0.05, 0) is 24.0 Å². The van der Waals surface area contributed by atoms with Crippen molar-refractivity contribution in [2.45, 2.75) is 13.3 Å². The topological polar surface area (TPSA) is 57.6 Å². The number of para-hydroxylation sites is 1. The number of fused-ring (bicyclic) bond motifs is 1. The fourth-order valence-electron chi connectivity index (χ4n) is 2.10. The molecule has 1 heterocycles. The van der Waals surface area contributed by atoms with Crippen LogP contribution >= 0.6 is 0 Å². The maximum Gasteiger partial charge on any atom is 0.235 e. The van der Waals surface area contributed by atoms with Crippen LogP contribution in [0.1, 0.15) is 12.5 Å². The Kier molecular flexibility index (Phi) is 3.40. The average molecular weight is 255 g/mol. The van der Waals surface area contributed by atoms with Gasteiger partial charge >= 0.3 is 0 Å². The van der Waals surface area contributed by atoms with Crippen molar-refractivity contribution < 1.29 is 13.5 Å². The van der Waals surface area contributed by atoms with Crippen LogP contribution in [0.2, 0.25) is 0 Å². The van der Waals surface area contributed by atoms with Gasteiger partial charge < -0.3 is 5.11 Å². The van der Waals surface area contributed by atoms with Crippen molar-refractivity contribution in [1.82, 2.24) is 0 Å². The van der Waals surface area contributed by atoms with Crippen LogP contribution in [0.5, 0.6) is 0 Å². The van der Waals surface area contributed by atoms with Gasteiger partial charge in [-0.1, -0.05) is 25.1 Å². The van der Waals surface area contributed by atoms with Crippen LogP contribution < -0.4 is 4.31 Å². The zero-order valence-corrected chi connectivity index (χ0v) is 10.7. The molecule has 0 spiro atoms. The van der Waals surface area contributed by atoms with Gasteiger partial charge in [0.15, 0.2) is 0 Å². The fourth-order valence-corrected chi connectivity index (χ4v) is 3.95. The highest BCUT2D eigenvalue weighted by atomic mass is 32.2. The Balaban J connectivity index is 2.25. The summed E-state index contributed by atoms with van der Waals surface area (Å²) < 4.78 is 25.8. The highest BCUT2D eigenvalue weighted by Gasteiger charge is 2.29. The molecule has 1 N–H and O–H groups in total. The molecule has 1 aliphatic rings. The summed E-state index contributed by atoms with van der Waals surface area (Å²) in [5, 5.41) is 8.95. The molecule has 1 aromatic carbocycles. The van der Waals surface area contributed by atoms with Crippen molar-refractivity contribution in [3.63, 3.8) is 0 Å². The number of hydrogen-bond donors (Lipinski definition) is 1. The molecule has 0 saturated carbocycles. The smallest absolute Gasteiger partial charge is 0.235 e. The van der Waals surface area contributed by atoms with Crippen molar-refractivity contribution in [1.29, 1.82) is 0 Å². The van der Waals surface area contributed by atoms with E-state index in [9.17, 15) is 8.42 Å². The highest BCUT2D eigenvalue weighted by molar-refractivity contribution is 7.92. The Bertz CT molecular complexity index is 498. The average Bonchev–Trinajstić information content (AvgIpc) is 2.72. The fraction of sp³-hybridized carbons (Fsp3) is 0.500. The Labute approximate surface area is 102 Å². The molecule has 0 bridgehead atoms. The van der Waals surface area contributed by atoms with E-state index in [-0.39, 0.29) is 18.3 Å². The minimum atomic E-state index is -3.31. The molecule has 0 saturated heterocycles. The van der Waals surface area contributed by atoms with E-state index in [1.807, 2.05) is 24.3 Å². The first-order valence-corrected chi connectivity index (χ1v) is 7.34. The van der Waals surface area contributed by atoms with Crippen LogP contribution in [0.25, 0.3) is 0 Å². The van der Waals surface area contributed by atoms with Gasteiger partial charge in [0.2, 0.25) is 10.0 Å². The molecule has 0 aliphatic carbocycles. The normalized spacial score (nSPS) is 16.9. The summed E-state index contributed by atoms with van der Waals surface area (Å²) in [5.74, 6) is -0.231. The van der Waals surface area contributed by atoms with Crippen molar-refractivity contribution in [2.24, 2.45) is 5.92 Å². The van der Waals surface area contributed by atoms with Crippen LogP contribution in [-0.2, 0) is 16.4 Å². The zero-order chi connectivity index (χ0) is 12.5.